The minimum Gasteiger partial charge on any atom is -0.309 e. The molecule has 0 aliphatic carbocycles. The lowest BCUT2D eigenvalue weighted by atomic mass is 10.1. The number of amides is 1. The van der Waals surface area contributed by atoms with Gasteiger partial charge >= 0.3 is 0 Å². The average Bonchev–Trinajstić information content (AvgIpc) is 2.75. The fraction of sp³-hybridized carbons (Fsp3) is 0.136. The highest BCUT2D eigenvalue weighted by atomic mass is 35.5. The van der Waals surface area contributed by atoms with Crippen LogP contribution in [0, 0.1) is 0 Å². The van der Waals surface area contributed by atoms with Crippen LogP contribution in [0.5, 0.6) is 0 Å². The van der Waals surface area contributed by atoms with Crippen molar-refractivity contribution in [2.24, 2.45) is 0 Å². The molecule has 7 heteroatoms. The van der Waals surface area contributed by atoms with Gasteiger partial charge in [0.25, 0.3) is 15.9 Å². The summed E-state index contributed by atoms with van der Waals surface area (Å²) in [4.78, 5) is 14.7. The van der Waals surface area contributed by atoms with Crippen LogP contribution in [0.25, 0.3) is 0 Å². The first-order chi connectivity index (χ1) is 13.9. The fourth-order valence-corrected chi connectivity index (χ4v) is 4.38. The van der Waals surface area contributed by atoms with Crippen molar-refractivity contribution >= 4 is 38.9 Å². The van der Waals surface area contributed by atoms with E-state index in [1.165, 1.54) is 29.6 Å². The number of para-hydroxylation sites is 2. The van der Waals surface area contributed by atoms with Crippen LogP contribution in [0.4, 0.5) is 11.4 Å². The number of anilines is 2. The molecule has 150 valence electrons. The zero-order chi connectivity index (χ0) is 21.0. The van der Waals surface area contributed by atoms with Gasteiger partial charge in [0.1, 0.15) is 0 Å². The summed E-state index contributed by atoms with van der Waals surface area (Å²) in [6, 6.07) is 22.1. The van der Waals surface area contributed by atoms with Gasteiger partial charge in [-0.15, -0.1) is 0 Å². The molecule has 0 radical (unpaired) electrons. The Bertz CT molecular complexity index is 1100. The number of halogens is 1. The molecule has 0 aliphatic heterocycles. The monoisotopic (exact) mass is 428 g/mol. The molecule has 0 fully saturated rings. The molecule has 0 N–H and O–H groups in total. The van der Waals surface area contributed by atoms with Crippen molar-refractivity contribution in [3.8, 4) is 0 Å². The third-order valence-electron chi connectivity index (χ3n) is 4.58. The second-order valence-corrected chi connectivity index (χ2v) is 8.71. The van der Waals surface area contributed by atoms with Crippen LogP contribution in [0.1, 0.15) is 17.3 Å². The molecule has 0 unspecified atom stereocenters. The molecule has 29 heavy (non-hydrogen) atoms. The third kappa shape index (κ3) is 4.28. The first-order valence-electron chi connectivity index (χ1n) is 9.06. The van der Waals surface area contributed by atoms with Gasteiger partial charge < -0.3 is 4.90 Å². The van der Waals surface area contributed by atoms with Gasteiger partial charge in [-0.3, -0.25) is 9.10 Å². The normalized spacial score (nSPS) is 11.1. The molecule has 1 amide bonds. The van der Waals surface area contributed by atoms with E-state index in [9.17, 15) is 13.2 Å². The number of carbonyl (C=O) groups excluding carboxylic acids is 1. The average molecular weight is 429 g/mol. The summed E-state index contributed by atoms with van der Waals surface area (Å²) in [6.07, 6.45) is 0. The summed E-state index contributed by atoms with van der Waals surface area (Å²) in [5.74, 6) is -0.358. The molecule has 5 nitrogen and oxygen atoms in total. The van der Waals surface area contributed by atoms with E-state index in [-0.39, 0.29) is 21.4 Å². The Labute approximate surface area is 176 Å². The molecular weight excluding hydrogens is 408 g/mol. The zero-order valence-electron chi connectivity index (χ0n) is 16.1. The predicted molar refractivity (Wildman–Crippen MR) is 117 cm³/mol. The minimum absolute atomic E-state index is 0.000665. The first-order valence-corrected chi connectivity index (χ1v) is 10.9. The molecule has 0 saturated carbocycles. The number of rotatable bonds is 6. The van der Waals surface area contributed by atoms with Gasteiger partial charge in [-0.2, -0.15) is 0 Å². The fourth-order valence-electron chi connectivity index (χ4n) is 2.96. The highest BCUT2D eigenvalue weighted by Crippen LogP contribution is 2.27. The van der Waals surface area contributed by atoms with E-state index in [2.05, 4.69) is 0 Å². The Morgan fingerprint density at radius 3 is 2.00 bits per heavy atom. The van der Waals surface area contributed by atoms with E-state index in [1.807, 2.05) is 43.3 Å². The van der Waals surface area contributed by atoms with Gasteiger partial charge in [-0.1, -0.05) is 48.0 Å². The quantitative estimate of drug-likeness (QED) is 0.564. The lowest BCUT2D eigenvalue weighted by Gasteiger charge is -2.23. The maximum atomic E-state index is 13.1. The Balaban J connectivity index is 2.01. The summed E-state index contributed by atoms with van der Waals surface area (Å²) in [6.45, 7) is 2.27. The third-order valence-corrected chi connectivity index (χ3v) is 6.69. The molecule has 3 aromatic rings. The second-order valence-electron chi connectivity index (χ2n) is 6.33. The van der Waals surface area contributed by atoms with Crippen molar-refractivity contribution in [3.63, 3.8) is 0 Å². The molecule has 0 aliphatic rings. The van der Waals surface area contributed by atoms with Gasteiger partial charge in [-0.25, -0.2) is 8.42 Å². The van der Waals surface area contributed by atoms with Crippen molar-refractivity contribution in [1.29, 1.82) is 0 Å². The van der Waals surface area contributed by atoms with Gasteiger partial charge in [0.2, 0.25) is 0 Å². The minimum atomic E-state index is -3.86. The summed E-state index contributed by atoms with van der Waals surface area (Å²) in [5.41, 5.74) is 1.38. The standard InChI is InChI=1S/C22H21ClN2O3S/c1-3-25(18-12-8-5-9-13-18)22(26)20-16-19(14-15-21(20)23)29(27,28)24(2)17-10-6-4-7-11-17/h4-16H,3H2,1-2H3. The van der Waals surface area contributed by atoms with E-state index in [0.29, 0.717) is 17.9 Å². The first kappa shape index (κ1) is 20.9. The Hall–Kier alpha value is -2.83. The Morgan fingerprint density at radius 1 is 0.897 bits per heavy atom. The molecule has 3 rings (SSSR count). The number of hydrogen-bond donors (Lipinski definition) is 0. The zero-order valence-corrected chi connectivity index (χ0v) is 17.7. The highest BCUT2D eigenvalue weighted by Gasteiger charge is 2.25. The van der Waals surface area contributed by atoms with Crippen molar-refractivity contribution in [3.05, 3.63) is 89.4 Å². The van der Waals surface area contributed by atoms with Gasteiger partial charge in [0, 0.05) is 19.3 Å². The van der Waals surface area contributed by atoms with Gasteiger partial charge in [0.05, 0.1) is 21.2 Å². The lowest BCUT2D eigenvalue weighted by Crippen LogP contribution is -2.31. The maximum Gasteiger partial charge on any atom is 0.264 e. The van der Waals surface area contributed by atoms with Gasteiger partial charge in [-0.05, 0) is 49.4 Å². The maximum absolute atomic E-state index is 13.1. The van der Waals surface area contributed by atoms with E-state index < -0.39 is 10.0 Å². The largest absolute Gasteiger partial charge is 0.309 e. The smallest absolute Gasteiger partial charge is 0.264 e. The highest BCUT2D eigenvalue weighted by molar-refractivity contribution is 7.92. The number of hydrogen-bond acceptors (Lipinski definition) is 3. The van der Waals surface area contributed by atoms with Crippen LogP contribution in [0.2, 0.25) is 5.02 Å². The van der Waals surface area contributed by atoms with Crippen LogP contribution in [-0.4, -0.2) is 27.9 Å². The number of carbonyl (C=O) groups is 1. The Kier molecular flexibility index (Phi) is 6.25. The molecular formula is C22H21ClN2O3S. The summed E-state index contributed by atoms with van der Waals surface area (Å²) >= 11 is 6.27. The second kappa shape index (κ2) is 8.68. The molecule has 0 atom stereocenters. The summed E-state index contributed by atoms with van der Waals surface area (Å²) in [5, 5.41) is 0.200. The molecule has 0 heterocycles. The lowest BCUT2D eigenvalue weighted by molar-refractivity contribution is 0.0988. The van der Waals surface area contributed by atoms with E-state index in [0.717, 1.165) is 0 Å². The van der Waals surface area contributed by atoms with Crippen LogP contribution < -0.4 is 9.21 Å². The van der Waals surface area contributed by atoms with E-state index >= 15 is 0 Å². The molecule has 0 saturated heterocycles. The summed E-state index contributed by atoms with van der Waals surface area (Å²) in [7, 11) is -2.38. The topological polar surface area (TPSA) is 57.7 Å². The van der Waals surface area contributed by atoms with Crippen molar-refractivity contribution < 1.29 is 13.2 Å². The van der Waals surface area contributed by atoms with Crippen LogP contribution in [-0.2, 0) is 10.0 Å². The molecule has 3 aromatic carbocycles. The summed E-state index contributed by atoms with van der Waals surface area (Å²) < 4.78 is 27.4. The van der Waals surface area contributed by atoms with Crippen molar-refractivity contribution in [2.45, 2.75) is 11.8 Å². The van der Waals surface area contributed by atoms with Gasteiger partial charge in [0.15, 0.2) is 0 Å². The predicted octanol–water partition coefficient (Wildman–Crippen LogP) is 4.83. The van der Waals surface area contributed by atoms with Crippen molar-refractivity contribution in [2.75, 3.05) is 22.8 Å². The molecule has 0 bridgehead atoms. The van der Waals surface area contributed by atoms with Crippen LogP contribution in [0.3, 0.4) is 0 Å². The SMILES string of the molecule is CCN(C(=O)c1cc(S(=O)(=O)N(C)c2ccccc2)ccc1Cl)c1ccccc1. The van der Waals surface area contributed by atoms with Crippen molar-refractivity contribution in [1.82, 2.24) is 0 Å². The number of nitrogens with zero attached hydrogens (tertiary/aromatic N) is 2. The molecule has 0 aromatic heterocycles. The molecule has 0 spiro atoms. The van der Waals surface area contributed by atoms with Crippen LogP contribution >= 0.6 is 11.6 Å². The van der Waals surface area contributed by atoms with E-state index in [4.69, 9.17) is 11.6 Å². The van der Waals surface area contributed by atoms with E-state index in [1.54, 1.807) is 29.2 Å². The Morgan fingerprint density at radius 2 is 1.45 bits per heavy atom. The number of sulfonamides is 1. The number of benzene rings is 3. The van der Waals surface area contributed by atoms with Crippen LogP contribution in [0.15, 0.2) is 83.8 Å².